The van der Waals surface area contributed by atoms with Gasteiger partial charge in [-0.05, 0) is 40.6 Å². The summed E-state index contributed by atoms with van der Waals surface area (Å²) in [6, 6.07) is 23.7. The lowest BCUT2D eigenvalue weighted by Crippen LogP contribution is -2.17. The lowest BCUT2D eigenvalue weighted by atomic mass is 10.1. The Bertz CT molecular complexity index is 1350. The maximum Gasteiger partial charge on any atom is 0.272 e. The highest BCUT2D eigenvalue weighted by atomic mass is 19.1. The molecule has 0 bridgehead atoms. The zero-order chi connectivity index (χ0) is 19.8. The molecule has 0 fully saturated rings. The number of fused-ring (bicyclic) bond motifs is 2. The number of amides is 1. The summed E-state index contributed by atoms with van der Waals surface area (Å²) in [5.74, 6) is -0.552. The summed E-state index contributed by atoms with van der Waals surface area (Å²) >= 11 is 0. The third-order valence-corrected chi connectivity index (χ3v) is 4.99. The van der Waals surface area contributed by atoms with Gasteiger partial charge in [-0.15, -0.1) is 0 Å². The standard InChI is InChI=1S/C24H17FN2O2/c25-19-7-3-4-16(12-19)15-27-21-10-11-29-23(21)14-22(27)24(28)26-20-9-8-17-5-1-2-6-18(17)13-20/h1-14H,15H2,(H,26,28). The van der Waals surface area contributed by atoms with Crippen molar-refractivity contribution in [1.29, 1.82) is 0 Å². The number of carbonyl (C=O) groups excluding carboxylic acids is 1. The molecule has 5 heteroatoms. The van der Waals surface area contributed by atoms with Crippen LogP contribution in [0.25, 0.3) is 21.9 Å². The fraction of sp³-hybridized carbons (Fsp3) is 0.0417. The van der Waals surface area contributed by atoms with E-state index < -0.39 is 0 Å². The third-order valence-electron chi connectivity index (χ3n) is 4.99. The van der Waals surface area contributed by atoms with Crippen LogP contribution in [0.1, 0.15) is 16.1 Å². The predicted octanol–water partition coefficient (Wildman–Crippen LogP) is 5.83. The fourth-order valence-corrected chi connectivity index (χ4v) is 3.62. The summed E-state index contributed by atoms with van der Waals surface area (Å²) in [5, 5.41) is 5.12. The minimum Gasteiger partial charge on any atom is -0.463 e. The van der Waals surface area contributed by atoms with Gasteiger partial charge in [-0.25, -0.2) is 4.39 Å². The van der Waals surface area contributed by atoms with E-state index in [4.69, 9.17) is 4.42 Å². The molecule has 0 aliphatic carbocycles. The molecule has 0 radical (unpaired) electrons. The Hall–Kier alpha value is -3.86. The van der Waals surface area contributed by atoms with Crippen molar-refractivity contribution in [3.63, 3.8) is 0 Å². The summed E-state index contributed by atoms with van der Waals surface area (Å²) in [6.07, 6.45) is 1.58. The van der Waals surface area contributed by atoms with E-state index in [2.05, 4.69) is 5.32 Å². The zero-order valence-corrected chi connectivity index (χ0v) is 15.4. The van der Waals surface area contributed by atoms with Gasteiger partial charge in [-0.3, -0.25) is 4.79 Å². The second-order valence-electron chi connectivity index (χ2n) is 6.93. The molecule has 0 atom stereocenters. The Labute approximate surface area is 166 Å². The number of halogens is 1. The van der Waals surface area contributed by atoms with Crippen LogP contribution in [0.4, 0.5) is 10.1 Å². The van der Waals surface area contributed by atoms with E-state index in [1.165, 1.54) is 12.1 Å². The molecule has 5 rings (SSSR count). The maximum atomic E-state index is 13.6. The number of rotatable bonds is 4. The largest absolute Gasteiger partial charge is 0.463 e. The SMILES string of the molecule is O=C(Nc1ccc2ccccc2c1)c1cc2occc2n1Cc1cccc(F)c1. The second-order valence-corrected chi connectivity index (χ2v) is 6.93. The van der Waals surface area contributed by atoms with Crippen molar-refractivity contribution < 1.29 is 13.6 Å². The van der Waals surface area contributed by atoms with Crippen LogP contribution in [-0.4, -0.2) is 10.5 Å². The van der Waals surface area contributed by atoms with Crippen LogP contribution < -0.4 is 5.32 Å². The Morgan fingerprint density at radius 3 is 2.66 bits per heavy atom. The lowest BCUT2D eigenvalue weighted by Gasteiger charge is -2.11. The van der Waals surface area contributed by atoms with Crippen molar-refractivity contribution in [2.45, 2.75) is 6.54 Å². The Balaban J connectivity index is 1.50. The molecule has 2 heterocycles. The summed E-state index contributed by atoms with van der Waals surface area (Å²) in [5.41, 5.74) is 3.34. The third kappa shape index (κ3) is 3.27. The summed E-state index contributed by atoms with van der Waals surface area (Å²) in [6.45, 7) is 0.362. The monoisotopic (exact) mass is 384 g/mol. The van der Waals surface area contributed by atoms with Crippen molar-refractivity contribution in [2.75, 3.05) is 5.32 Å². The minimum absolute atomic E-state index is 0.247. The highest BCUT2D eigenvalue weighted by Gasteiger charge is 2.18. The van der Waals surface area contributed by atoms with E-state index in [1.54, 1.807) is 24.5 Å². The Morgan fingerprint density at radius 1 is 0.931 bits per heavy atom. The van der Waals surface area contributed by atoms with Crippen molar-refractivity contribution in [3.05, 3.63) is 102 Å². The molecule has 0 saturated carbocycles. The Kier molecular flexibility index (Phi) is 4.13. The molecule has 4 nitrogen and oxygen atoms in total. The van der Waals surface area contributed by atoms with E-state index >= 15 is 0 Å². The van der Waals surface area contributed by atoms with Crippen LogP contribution >= 0.6 is 0 Å². The van der Waals surface area contributed by atoms with Gasteiger partial charge in [0.25, 0.3) is 5.91 Å². The smallest absolute Gasteiger partial charge is 0.272 e. The van der Waals surface area contributed by atoms with Gasteiger partial charge in [0.1, 0.15) is 11.5 Å². The van der Waals surface area contributed by atoms with Crippen molar-refractivity contribution in [2.24, 2.45) is 0 Å². The van der Waals surface area contributed by atoms with Gasteiger partial charge in [-0.1, -0.05) is 42.5 Å². The van der Waals surface area contributed by atoms with E-state index in [1.807, 2.05) is 53.1 Å². The first-order chi connectivity index (χ1) is 14.2. The van der Waals surface area contributed by atoms with Crippen LogP contribution in [0.2, 0.25) is 0 Å². The molecule has 0 aliphatic rings. The van der Waals surface area contributed by atoms with Crippen LogP contribution in [0.15, 0.2) is 89.5 Å². The number of benzene rings is 3. The van der Waals surface area contributed by atoms with Gasteiger partial charge < -0.3 is 14.3 Å². The molecule has 2 aromatic heterocycles. The molecule has 5 aromatic rings. The molecule has 0 aliphatic heterocycles. The molecule has 1 N–H and O–H groups in total. The number of carbonyl (C=O) groups is 1. The molecule has 1 amide bonds. The van der Waals surface area contributed by atoms with Gasteiger partial charge in [0.2, 0.25) is 0 Å². The first-order valence-corrected chi connectivity index (χ1v) is 9.29. The average Bonchev–Trinajstić information content (AvgIpc) is 3.31. The number of hydrogen-bond acceptors (Lipinski definition) is 2. The zero-order valence-electron chi connectivity index (χ0n) is 15.4. The maximum absolute atomic E-state index is 13.6. The number of nitrogens with one attached hydrogen (secondary N) is 1. The summed E-state index contributed by atoms with van der Waals surface area (Å²) in [4.78, 5) is 13.0. The van der Waals surface area contributed by atoms with Gasteiger partial charge in [0.15, 0.2) is 5.58 Å². The highest BCUT2D eigenvalue weighted by molar-refractivity contribution is 6.06. The number of hydrogen-bond donors (Lipinski definition) is 1. The molecule has 0 saturated heterocycles. The van der Waals surface area contributed by atoms with Gasteiger partial charge in [-0.2, -0.15) is 0 Å². The molecule has 0 unspecified atom stereocenters. The number of anilines is 1. The van der Waals surface area contributed by atoms with Crippen molar-refractivity contribution in [1.82, 2.24) is 4.57 Å². The van der Waals surface area contributed by atoms with Gasteiger partial charge in [0, 0.05) is 24.4 Å². The fourth-order valence-electron chi connectivity index (χ4n) is 3.62. The Morgan fingerprint density at radius 2 is 1.79 bits per heavy atom. The quantitative estimate of drug-likeness (QED) is 0.424. The normalized spacial score (nSPS) is 11.2. The first-order valence-electron chi connectivity index (χ1n) is 9.29. The minimum atomic E-state index is -0.305. The molecule has 142 valence electrons. The van der Waals surface area contributed by atoms with Crippen molar-refractivity contribution >= 4 is 33.5 Å². The first kappa shape index (κ1) is 17.3. The predicted molar refractivity (Wildman–Crippen MR) is 112 cm³/mol. The van der Waals surface area contributed by atoms with Crippen LogP contribution in [0, 0.1) is 5.82 Å². The summed E-state index contributed by atoms with van der Waals surface area (Å²) < 4.78 is 20.9. The highest BCUT2D eigenvalue weighted by Crippen LogP contribution is 2.25. The molecular formula is C24H17FN2O2. The number of nitrogens with zero attached hydrogens (tertiary/aromatic N) is 1. The topological polar surface area (TPSA) is 47.2 Å². The number of aromatic nitrogens is 1. The van der Waals surface area contributed by atoms with Crippen LogP contribution in [-0.2, 0) is 6.54 Å². The lowest BCUT2D eigenvalue weighted by molar-refractivity contribution is 0.101. The van der Waals surface area contributed by atoms with E-state index in [9.17, 15) is 9.18 Å². The van der Waals surface area contributed by atoms with Crippen molar-refractivity contribution in [3.8, 4) is 0 Å². The average molecular weight is 384 g/mol. The molecule has 3 aromatic carbocycles. The van der Waals surface area contributed by atoms with Gasteiger partial charge >= 0.3 is 0 Å². The van der Waals surface area contributed by atoms with Gasteiger partial charge in [0.05, 0.1) is 11.8 Å². The van der Waals surface area contributed by atoms with Crippen LogP contribution in [0.3, 0.4) is 0 Å². The van der Waals surface area contributed by atoms with Crippen LogP contribution in [0.5, 0.6) is 0 Å². The summed E-state index contributed by atoms with van der Waals surface area (Å²) in [7, 11) is 0. The van der Waals surface area contributed by atoms with E-state index in [-0.39, 0.29) is 11.7 Å². The molecule has 29 heavy (non-hydrogen) atoms. The molecular weight excluding hydrogens is 367 g/mol. The molecule has 0 spiro atoms. The van der Waals surface area contributed by atoms with E-state index in [0.29, 0.717) is 23.5 Å². The second kappa shape index (κ2) is 6.95. The van der Waals surface area contributed by atoms with E-state index in [0.717, 1.165) is 21.9 Å². The number of furan rings is 1.